The molecule has 0 unspecified atom stereocenters. The van der Waals surface area contributed by atoms with E-state index in [0.717, 1.165) is 0 Å². The fraction of sp³-hybridized carbons (Fsp3) is 0. The zero-order valence-electron chi connectivity index (χ0n) is 5.11. The van der Waals surface area contributed by atoms with Crippen molar-refractivity contribution >= 4 is 57.4 Å². The van der Waals surface area contributed by atoms with Crippen LogP contribution in [0.1, 0.15) is 10.4 Å². The van der Waals surface area contributed by atoms with Crippen LogP contribution < -0.4 is 0 Å². The van der Waals surface area contributed by atoms with E-state index in [9.17, 15) is 4.79 Å². The van der Waals surface area contributed by atoms with Crippen molar-refractivity contribution in [1.82, 2.24) is 0 Å². The summed E-state index contributed by atoms with van der Waals surface area (Å²) in [5, 5.41) is 17.3. The molecule has 0 aliphatic heterocycles. The number of carbonyl (C=O) groups is 1. The van der Waals surface area contributed by atoms with Crippen LogP contribution in [0.4, 0.5) is 0 Å². The summed E-state index contributed by atoms with van der Waals surface area (Å²) in [5.74, 6) is -1.31. The first-order chi connectivity index (χ1) is 4.72. The first kappa shape index (κ1) is 11.1. The van der Waals surface area contributed by atoms with Gasteiger partial charge in [-0.05, 0) is 12.1 Å². The minimum atomic E-state index is -1.11. The minimum absolute atomic E-state index is 0. The Bertz CT molecular complexity index is 260. The quantitative estimate of drug-likeness (QED) is 0.613. The summed E-state index contributed by atoms with van der Waals surface area (Å²) in [6.45, 7) is 0. The van der Waals surface area contributed by atoms with Crippen molar-refractivity contribution in [2.75, 3.05) is 0 Å². The van der Waals surface area contributed by atoms with Gasteiger partial charge in [0.25, 0.3) is 0 Å². The molecule has 0 saturated heterocycles. The van der Waals surface area contributed by atoms with Gasteiger partial charge in [0.2, 0.25) is 0 Å². The van der Waals surface area contributed by atoms with E-state index in [1.54, 1.807) is 12.1 Å². The van der Waals surface area contributed by atoms with Crippen molar-refractivity contribution in [1.29, 1.82) is 0 Å². The van der Waals surface area contributed by atoms with E-state index in [1.807, 2.05) is 0 Å². The first-order valence-electron chi connectivity index (χ1n) is 2.73. The molecule has 1 rings (SSSR count). The van der Waals surface area contributed by atoms with Crippen LogP contribution in [0.3, 0.4) is 0 Å². The fourth-order valence-corrected chi connectivity index (χ4v) is 0.654. The molecule has 0 atom stereocenters. The second-order valence-electron chi connectivity index (χ2n) is 1.82. The topological polar surface area (TPSA) is 57.5 Å². The van der Waals surface area contributed by atoms with Gasteiger partial charge in [-0.15, -0.1) is 0 Å². The number of phenols is 1. The number of hydrogen-bond acceptors (Lipinski definition) is 2. The van der Waals surface area contributed by atoms with Gasteiger partial charge in [-0.3, -0.25) is 0 Å². The molecule has 3 nitrogen and oxygen atoms in total. The van der Waals surface area contributed by atoms with E-state index in [4.69, 9.17) is 10.2 Å². The Morgan fingerprint density at radius 3 is 2.18 bits per heavy atom. The van der Waals surface area contributed by atoms with Crippen molar-refractivity contribution in [3.05, 3.63) is 29.8 Å². The van der Waals surface area contributed by atoms with Crippen molar-refractivity contribution in [3.8, 4) is 5.75 Å². The second-order valence-corrected chi connectivity index (χ2v) is 1.82. The van der Waals surface area contributed by atoms with Gasteiger partial charge in [-0.25, -0.2) is 4.79 Å². The number of carboxylic acids is 1. The van der Waals surface area contributed by atoms with Crippen LogP contribution >= 0.6 is 0 Å². The van der Waals surface area contributed by atoms with Crippen LogP contribution in [0.15, 0.2) is 24.3 Å². The maximum absolute atomic E-state index is 10.3. The van der Waals surface area contributed by atoms with Gasteiger partial charge < -0.3 is 10.2 Å². The van der Waals surface area contributed by atoms with Crippen LogP contribution in [-0.2, 0) is 0 Å². The van der Waals surface area contributed by atoms with Crippen LogP contribution in [0, 0.1) is 0 Å². The maximum atomic E-state index is 10.3. The van der Waals surface area contributed by atoms with Crippen molar-refractivity contribution in [2.24, 2.45) is 0 Å². The third kappa shape index (κ3) is 2.92. The van der Waals surface area contributed by atoms with Gasteiger partial charge in [-0.1, -0.05) is 12.1 Å². The molecule has 0 bridgehead atoms. The van der Waals surface area contributed by atoms with Crippen LogP contribution in [0.25, 0.3) is 0 Å². The second kappa shape index (κ2) is 4.90. The number of aromatic carboxylic acids is 1. The molecule has 2 N–H and O–H groups in total. The summed E-state index contributed by atoms with van der Waals surface area (Å²) >= 11 is 0. The van der Waals surface area contributed by atoms with Crippen LogP contribution in [-0.4, -0.2) is 67.6 Å². The van der Waals surface area contributed by atoms with Gasteiger partial charge in [0.1, 0.15) is 11.3 Å². The standard InChI is InChI=1S/C7H6O3.K.H/c8-6-4-2-1-3-5(6)7(9)10;;/h1-4,8H,(H,9,10);;. The Hall–Kier alpha value is 0.126. The molecule has 1 aromatic rings. The monoisotopic (exact) mass is 178 g/mol. The zero-order valence-corrected chi connectivity index (χ0v) is 5.11. The summed E-state index contributed by atoms with van der Waals surface area (Å²) in [6, 6.07) is 5.81. The van der Waals surface area contributed by atoms with Gasteiger partial charge in [0, 0.05) is 0 Å². The fourth-order valence-electron chi connectivity index (χ4n) is 0.654. The summed E-state index contributed by atoms with van der Waals surface area (Å²) in [4.78, 5) is 10.3. The molecule has 0 amide bonds. The molecule has 0 saturated carbocycles. The summed E-state index contributed by atoms with van der Waals surface area (Å²) in [6.07, 6.45) is 0. The van der Waals surface area contributed by atoms with Crippen molar-refractivity contribution < 1.29 is 15.0 Å². The Balaban J connectivity index is 0.000001000. The molecule has 4 heteroatoms. The number of rotatable bonds is 1. The first-order valence-corrected chi connectivity index (χ1v) is 2.73. The van der Waals surface area contributed by atoms with Gasteiger partial charge in [-0.2, -0.15) is 0 Å². The molecule has 1 aromatic carbocycles. The SMILES string of the molecule is O=C(O)c1ccccc1O.[KH]. The number of benzene rings is 1. The molecule has 54 valence electrons. The number of hydrogen-bond donors (Lipinski definition) is 2. The molecule has 0 radical (unpaired) electrons. The molecule has 0 fully saturated rings. The third-order valence-corrected chi connectivity index (χ3v) is 1.13. The van der Waals surface area contributed by atoms with Crippen LogP contribution in [0.2, 0.25) is 0 Å². The van der Waals surface area contributed by atoms with Crippen molar-refractivity contribution in [3.63, 3.8) is 0 Å². The van der Waals surface area contributed by atoms with Crippen LogP contribution in [0.5, 0.6) is 5.75 Å². The summed E-state index contributed by atoms with van der Waals surface area (Å²) in [7, 11) is 0. The molecule has 0 spiro atoms. The molecule has 0 aromatic heterocycles. The Labute approximate surface area is 106 Å². The Kier molecular flexibility index (Phi) is 4.95. The van der Waals surface area contributed by atoms with Gasteiger partial charge in [0.15, 0.2) is 0 Å². The predicted molar refractivity (Wildman–Crippen MR) is 42.2 cm³/mol. The van der Waals surface area contributed by atoms with E-state index in [0.29, 0.717) is 0 Å². The van der Waals surface area contributed by atoms with E-state index in [1.165, 1.54) is 12.1 Å². The number of carboxylic acid groups (broad SMARTS) is 1. The third-order valence-electron chi connectivity index (χ3n) is 1.13. The predicted octanol–water partition coefficient (Wildman–Crippen LogP) is 0.442. The molecular weight excluding hydrogens is 171 g/mol. The average Bonchev–Trinajstić information content (AvgIpc) is 1.88. The van der Waals surface area contributed by atoms with Gasteiger partial charge >= 0.3 is 57.4 Å². The zero-order chi connectivity index (χ0) is 7.56. The molecular formula is C7H7KO3. The summed E-state index contributed by atoms with van der Waals surface area (Å²) < 4.78 is 0. The van der Waals surface area contributed by atoms with E-state index < -0.39 is 5.97 Å². The molecule has 0 heterocycles. The summed E-state index contributed by atoms with van der Waals surface area (Å²) in [5.41, 5.74) is -0.0671. The molecule has 0 aliphatic rings. The molecule has 0 aliphatic carbocycles. The Morgan fingerprint density at radius 1 is 1.27 bits per heavy atom. The van der Waals surface area contributed by atoms with E-state index in [2.05, 4.69) is 0 Å². The normalized spacial score (nSPS) is 8.36. The number of aromatic hydroxyl groups is 1. The van der Waals surface area contributed by atoms with Crippen molar-refractivity contribution in [2.45, 2.75) is 0 Å². The molecule has 11 heavy (non-hydrogen) atoms. The number of para-hydroxylation sites is 1. The Morgan fingerprint density at radius 2 is 1.82 bits per heavy atom. The van der Waals surface area contributed by atoms with E-state index in [-0.39, 0.29) is 62.7 Å². The average molecular weight is 178 g/mol. The van der Waals surface area contributed by atoms with E-state index >= 15 is 0 Å². The van der Waals surface area contributed by atoms with Gasteiger partial charge in [0.05, 0.1) is 0 Å².